The van der Waals surface area contributed by atoms with E-state index in [4.69, 9.17) is 0 Å². The fraction of sp³-hybridized carbons (Fsp3) is 0.182. The predicted octanol–water partition coefficient (Wildman–Crippen LogP) is 4.18. The molecule has 3 heterocycles. The van der Waals surface area contributed by atoms with Crippen molar-refractivity contribution in [2.45, 2.75) is 26.3 Å². The van der Waals surface area contributed by atoms with Crippen molar-refractivity contribution in [1.82, 2.24) is 25.1 Å². The van der Waals surface area contributed by atoms with Crippen LogP contribution in [0.5, 0.6) is 0 Å². The molecule has 3 aromatic heterocycles. The van der Waals surface area contributed by atoms with Crippen LogP contribution in [0.25, 0.3) is 16.6 Å². The van der Waals surface area contributed by atoms with Gasteiger partial charge < -0.3 is 5.32 Å². The van der Waals surface area contributed by atoms with E-state index >= 15 is 0 Å². The molecule has 2 amide bonds. The Morgan fingerprint density at radius 1 is 1.03 bits per heavy atom. The maximum absolute atomic E-state index is 12.5. The van der Waals surface area contributed by atoms with Crippen molar-refractivity contribution < 1.29 is 4.79 Å². The van der Waals surface area contributed by atoms with Crippen molar-refractivity contribution in [1.29, 1.82) is 0 Å². The number of fused-ring (bicyclic) bond motifs is 1. The monoisotopic (exact) mass is 386 g/mol. The number of nitrogens with one attached hydrogen (secondary N) is 2. The number of carbonyl (C=O) groups is 1. The van der Waals surface area contributed by atoms with Crippen LogP contribution in [-0.2, 0) is 5.54 Å². The Morgan fingerprint density at radius 2 is 1.83 bits per heavy atom. The highest BCUT2D eigenvalue weighted by atomic mass is 16.2. The van der Waals surface area contributed by atoms with Crippen molar-refractivity contribution in [2.75, 3.05) is 5.32 Å². The zero-order valence-corrected chi connectivity index (χ0v) is 16.5. The van der Waals surface area contributed by atoms with Crippen LogP contribution >= 0.6 is 0 Å². The smallest absolute Gasteiger partial charge is 0.321 e. The summed E-state index contributed by atoms with van der Waals surface area (Å²) in [6.45, 7) is 5.85. The highest BCUT2D eigenvalue weighted by Crippen LogP contribution is 2.22. The van der Waals surface area contributed by atoms with E-state index in [0.717, 1.165) is 27.8 Å². The number of aromatic nitrogens is 4. The fourth-order valence-electron chi connectivity index (χ4n) is 3.22. The maximum Gasteiger partial charge on any atom is 0.321 e. The molecule has 1 aromatic carbocycles. The predicted molar refractivity (Wildman–Crippen MR) is 113 cm³/mol. The van der Waals surface area contributed by atoms with Crippen molar-refractivity contribution in [3.63, 3.8) is 0 Å². The third-order valence-corrected chi connectivity index (χ3v) is 4.74. The summed E-state index contributed by atoms with van der Waals surface area (Å²) in [6, 6.07) is 15.2. The molecule has 0 saturated heterocycles. The van der Waals surface area contributed by atoms with Gasteiger partial charge in [-0.05, 0) is 44.5 Å². The first-order chi connectivity index (χ1) is 13.9. The second-order valence-electron chi connectivity index (χ2n) is 7.41. The van der Waals surface area contributed by atoms with Crippen molar-refractivity contribution in [3.05, 3.63) is 78.4 Å². The number of hydrogen-bond acceptors (Lipinski definition) is 4. The highest BCUT2D eigenvalue weighted by molar-refractivity contribution is 5.91. The summed E-state index contributed by atoms with van der Waals surface area (Å²) in [6.07, 6.45) is 5.21. The summed E-state index contributed by atoms with van der Waals surface area (Å²) >= 11 is 0. The third-order valence-electron chi connectivity index (χ3n) is 4.74. The second kappa shape index (κ2) is 7.35. The number of aryl methyl sites for hydroxylation is 1. The SMILES string of the molecule is Cc1cc(-n2ncc3cc(NC(=O)NC(C)(C)c4ccccc4)ncc32)ccn1. The number of amides is 2. The standard InChI is InChI=1S/C22H22N6O/c1-15-11-18(9-10-23-15)28-19-14-24-20(12-16(19)13-25-28)26-21(29)27-22(2,3)17-7-5-4-6-8-17/h4-14H,1-3H3,(H2,24,26,27,29). The van der Waals surface area contributed by atoms with Gasteiger partial charge in [-0.1, -0.05) is 30.3 Å². The van der Waals surface area contributed by atoms with Crippen molar-refractivity contribution in [3.8, 4) is 5.69 Å². The van der Waals surface area contributed by atoms with Gasteiger partial charge in [0, 0.05) is 17.3 Å². The lowest BCUT2D eigenvalue weighted by Crippen LogP contribution is -2.43. The molecular formula is C22H22N6O. The van der Waals surface area contributed by atoms with Gasteiger partial charge in [-0.2, -0.15) is 5.10 Å². The molecule has 0 saturated carbocycles. The van der Waals surface area contributed by atoms with Crippen molar-refractivity contribution >= 4 is 22.8 Å². The minimum absolute atomic E-state index is 0.317. The van der Waals surface area contributed by atoms with E-state index in [1.54, 1.807) is 23.3 Å². The third kappa shape index (κ3) is 3.94. The number of anilines is 1. The quantitative estimate of drug-likeness (QED) is 0.551. The van der Waals surface area contributed by atoms with E-state index in [1.165, 1.54) is 0 Å². The number of urea groups is 1. The molecule has 0 unspecified atom stereocenters. The lowest BCUT2D eigenvalue weighted by molar-refractivity contribution is 0.242. The van der Waals surface area contributed by atoms with Crippen LogP contribution in [0.15, 0.2) is 67.1 Å². The summed E-state index contributed by atoms with van der Waals surface area (Å²) in [4.78, 5) is 21.1. The molecule has 0 aliphatic carbocycles. The normalized spacial score (nSPS) is 11.4. The first-order valence-electron chi connectivity index (χ1n) is 9.34. The number of carbonyl (C=O) groups excluding carboxylic acids is 1. The van der Waals surface area contributed by atoms with Crippen LogP contribution in [0.1, 0.15) is 25.1 Å². The largest absolute Gasteiger partial charge is 0.329 e. The number of hydrogen-bond donors (Lipinski definition) is 2. The van der Waals surface area contributed by atoms with Gasteiger partial charge in [-0.3, -0.25) is 10.3 Å². The van der Waals surface area contributed by atoms with Crippen molar-refractivity contribution in [2.24, 2.45) is 0 Å². The molecule has 29 heavy (non-hydrogen) atoms. The maximum atomic E-state index is 12.5. The minimum Gasteiger partial charge on any atom is -0.329 e. The van der Waals surface area contributed by atoms with Crippen LogP contribution in [0.4, 0.5) is 10.6 Å². The molecule has 0 atom stereocenters. The number of benzene rings is 1. The van der Waals surface area contributed by atoms with Crippen LogP contribution in [0, 0.1) is 6.92 Å². The van der Waals surface area contributed by atoms with E-state index in [1.807, 2.05) is 69.3 Å². The van der Waals surface area contributed by atoms with Crippen LogP contribution in [-0.4, -0.2) is 25.8 Å². The van der Waals surface area contributed by atoms with E-state index in [-0.39, 0.29) is 6.03 Å². The van der Waals surface area contributed by atoms with Crippen LogP contribution < -0.4 is 10.6 Å². The summed E-state index contributed by atoms with van der Waals surface area (Å²) in [7, 11) is 0. The number of rotatable bonds is 4. The molecule has 0 bridgehead atoms. The minimum atomic E-state index is -0.514. The van der Waals surface area contributed by atoms with E-state index < -0.39 is 5.54 Å². The van der Waals surface area contributed by atoms with E-state index in [2.05, 4.69) is 25.7 Å². The lowest BCUT2D eigenvalue weighted by atomic mass is 9.95. The van der Waals surface area contributed by atoms with Crippen LogP contribution in [0.3, 0.4) is 0 Å². The molecule has 7 nitrogen and oxygen atoms in total. The first kappa shape index (κ1) is 18.6. The summed E-state index contributed by atoms with van der Waals surface area (Å²) in [5.41, 5.74) is 3.19. The molecule has 0 aliphatic heterocycles. The van der Waals surface area contributed by atoms with Gasteiger partial charge in [0.1, 0.15) is 5.82 Å². The Bertz CT molecular complexity index is 1170. The average molecular weight is 386 g/mol. The fourth-order valence-corrected chi connectivity index (χ4v) is 3.22. The van der Waals surface area contributed by atoms with Gasteiger partial charge in [0.25, 0.3) is 0 Å². The molecule has 0 fully saturated rings. The highest BCUT2D eigenvalue weighted by Gasteiger charge is 2.22. The zero-order valence-electron chi connectivity index (χ0n) is 16.5. The molecule has 0 spiro atoms. The Balaban J connectivity index is 1.52. The second-order valence-corrected chi connectivity index (χ2v) is 7.41. The molecule has 0 aliphatic rings. The van der Waals surface area contributed by atoms with E-state index in [0.29, 0.717) is 5.82 Å². The molecular weight excluding hydrogens is 364 g/mol. The molecule has 2 N–H and O–H groups in total. The number of nitrogens with zero attached hydrogens (tertiary/aromatic N) is 4. The Kier molecular flexibility index (Phi) is 4.72. The van der Waals surface area contributed by atoms with Gasteiger partial charge in [0.2, 0.25) is 0 Å². The first-order valence-corrected chi connectivity index (χ1v) is 9.34. The van der Waals surface area contributed by atoms with Crippen LogP contribution in [0.2, 0.25) is 0 Å². The Morgan fingerprint density at radius 3 is 2.59 bits per heavy atom. The molecule has 0 radical (unpaired) electrons. The molecule has 146 valence electrons. The van der Waals surface area contributed by atoms with E-state index in [9.17, 15) is 4.79 Å². The molecule has 7 heteroatoms. The van der Waals surface area contributed by atoms with Gasteiger partial charge in [-0.15, -0.1) is 0 Å². The summed E-state index contributed by atoms with van der Waals surface area (Å²) in [5.74, 6) is 0.462. The lowest BCUT2D eigenvalue weighted by Gasteiger charge is -2.26. The average Bonchev–Trinajstić information content (AvgIpc) is 3.11. The summed E-state index contributed by atoms with van der Waals surface area (Å²) < 4.78 is 1.80. The Hall–Kier alpha value is -3.74. The topological polar surface area (TPSA) is 84.7 Å². The zero-order chi connectivity index (χ0) is 20.4. The van der Waals surface area contributed by atoms with Gasteiger partial charge >= 0.3 is 6.03 Å². The molecule has 4 aromatic rings. The number of pyridine rings is 2. The van der Waals surface area contributed by atoms with Gasteiger partial charge in [-0.25, -0.2) is 14.5 Å². The van der Waals surface area contributed by atoms with Gasteiger partial charge in [0.15, 0.2) is 0 Å². The summed E-state index contributed by atoms with van der Waals surface area (Å²) in [5, 5.41) is 11.1. The molecule has 4 rings (SSSR count). The Labute approximate surface area is 168 Å². The van der Waals surface area contributed by atoms with Gasteiger partial charge in [0.05, 0.1) is 29.1 Å².